The molecule has 1 rings (SSSR count). The molecular formula is C15H29NO4. The second-order valence-corrected chi connectivity index (χ2v) is 6.11. The highest BCUT2D eigenvalue weighted by Crippen LogP contribution is 2.20. The fourth-order valence-electron chi connectivity index (χ4n) is 1.76. The third kappa shape index (κ3) is 8.51. The van der Waals surface area contributed by atoms with Crippen molar-refractivity contribution in [2.45, 2.75) is 64.6 Å². The highest BCUT2D eigenvalue weighted by Gasteiger charge is 2.28. The van der Waals surface area contributed by atoms with Crippen molar-refractivity contribution in [3.63, 3.8) is 0 Å². The predicted octanol–water partition coefficient (Wildman–Crippen LogP) is 1.89. The number of esters is 1. The standard InChI is InChI=1S/C15H29NO4/c1-5-19-14(17)13(16-12-6-7-12)8-9-18-10-11-20-15(2,3)4/h12-13,16H,5-11H2,1-4H3. The normalized spacial score (nSPS) is 17.0. The van der Waals surface area contributed by atoms with E-state index in [1.54, 1.807) is 0 Å². The van der Waals surface area contributed by atoms with Gasteiger partial charge in [0.2, 0.25) is 0 Å². The molecule has 20 heavy (non-hydrogen) atoms. The molecule has 0 aromatic carbocycles. The maximum Gasteiger partial charge on any atom is 0.323 e. The largest absolute Gasteiger partial charge is 0.465 e. The quantitative estimate of drug-likeness (QED) is 0.491. The highest BCUT2D eigenvalue weighted by molar-refractivity contribution is 5.75. The molecule has 0 aliphatic heterocycles. The smallest absolute Gasteiger partial charge is 0.323 e. The Balaban J connectivity index is 2.13. The summed E-state index contributed by atoms with van der Waals surface area (Å²) >= 11 is 0. The Hall–Kier alpha value is -0.650. The predicted molar refractivity (Wildman–Crippen MR) is 77.7 cm³/mol. The van der Waals surface area contributed by atoms with Gasteiger partial charge in [-0.15, -0.1) is 0 Å². The maximum absolute atomic E-state index is 11.8. The Bertz CT molecular complexity index is 284. The first-order valence-electron chi connectivity index (χ1n) is 7.56. The van der Waals surface area contributed by atoms with Crippen molar-refractivity contribution in [1.82, 2.24) is 5.32 Å². The summed E-state index contributed by atoms with van der Waals surface area (Å²) in [5, 5.41) is 3.30. The van der Waals surface area contributed by atoms with E-state index in [-0.39, 0.29) is 17.6 Å². The van der Waals surface area contributed by atoms with Crippen molar-refractivity contribution in [2.75, 3.05) is 26.4 Å². The Morgan fingerprint density at radius 1 is 1.25 bits per heavy atom. The molecule has 1 saturated carbocycles. The molecule has 1 aliphatic carbocycles. The van der Waals surface area contributed by atoms with Gasteiger partial charge in [-0.2, -0.15) is 0 Å². The van der Waals surface area contributed by atoms with Gasteiger partial charge in [-0.05, 0) is 47.0 Å². The molecule has 118 valence electrons. The first-order chi connectivity index (χ1) is 9.42. The minimum Gasteiger partial charge on any atom is -0.465 e. The molecule has 1 atom stereocenters. The van der Waals surface area contributed by atoms with Crippen LogP contribution in [0.2, 0.25) is 0 Å². The molecule has 5 heteroatoms. The van der Waals surface area contributed by atoms with Crippen molar-refractivity contribution in [3.05, 3.63) is 0 Å². The van der Waals surface area contributed by atoms with Crippen molar-refractivity contribution in [3.8, 4) is 0 Å². The summed E-state index contributed by atoms with van der Waals surface area (Å²) in [4.78, 5) is 11.8. The molecule has 0 radical (unpaired) electrons. The van der Waals surface area contributed by atoms with Crippen LogP contribution in [0, 0.1) is 0 Å². The molecule has 0 amide bonds. The van der Waals surface area contributed by atoms with Crippen molar-refractivity contribution in [1.29, 1.82) is 0 Å². The third-order valence-electron chi connectivity index (χ3n) is 2.90. The lowest BCUT2D eigenvalue weighted by atomic mass is 10.2. The molecule has 1 fully saturated rings. The fourth-order valence-corrected chi connectivity index (χ4v) is 1.76. The van der Waals surface area contributed by atoms with Gasteiger partial charge < -0.3 is 19.5 Å². The number of ether oxygens (including phenoxy) is 3. The van der Waals surface area contributed by atoms with Gasteiger partial charge in [0.1, 0.15) is 6.04 Å². The minimum absolute atomic E-state index is 0.135. The minimum atomic E-state index is -0.244. The number of nitrogens with one attached hydrogen (secondary N) is 1. The molecule has 5 nitrogen and oxygen atoms in total. The van der Waals surface area contributed by atoms with Crippen LogP contribution in [-0.4, -0.2) is 50.1 Å². The summed E-state index contributed by atoms with van der Waals surface area (Å²) in [6, 6.07) is 0.236. The zero-order chi connectivity index (χ0) is 15.0. The van der Waals surface area contributed by atoms with Crippen molar-refractivity contribution in [2.24, 2.45) is 0 Å². The number of hydrogen-bond acceptors (Lipinski definition) is 5. The lowest BCUT2D eigenvalue weighted by molar-refractivity contribution is -0.146. The summed E-state index contributed by atoms with van der Waals surface area (Å²) < 4.78 is 16.2. The van der Waals surface area contributed by atoms with E-state index in [1.807, 2.05) is 27.7 Å². The summed E-state index contributed by atoms with van der Waals surface area (Å²) in [5.41, 5.74) is -0.135. The molecule has 1 N–H and O–H groups in total. The Morgan fingerprint density at radius 2 is 1.95 bits per heavy atom. The molecule has 0 spiro atoms. The van der Waals surface area contributed by atoms with Gasteiger partial charge in [0, 0.05) is 12.6 Å². The number of carbonyl (C=O) groups is 1. The second kappa shape index (κ2) is 8.60. The molecule has 0 bridgehead atoms. The molecular weight excluding hydrogens is 258 g/mol. The maximum atomic E-state index is 11.8. The van der Waals surface area contributed by atoms with E-state index in [0.717, 1.165) is 12.8 Å². The van der Waals surface area contributed by atoms with Crippen LogP contribution in [0.25, 0.3) is 0 Å². The van der Waals surface area contributed by atoms with E-state index >= 15 is 0 Å². The van der Waals surface area contributed by atoms with Gasteiger partial charge in [-0.3, -0.25) is 4.79 Å². The van der Waals surface area contributed by atoms with Crippen LogP contribution in [0.5, 0.6) is 0 Å². The van der Waals surface area contributed by atoms with E-state index in [2.05, 4.69) is 5.32 Å². The van der Waals surface area contributed by atoms with Crippen molar-refractivity contribution < 1.29 is 19.0 Å². The summed E-state index contributed by atoms with van der Waals surface area (Å²) in [6.45, 7) is 9.96. The first-order valence-corrected chi connectivity index (χ1v) is 7.56. The van der Waals surface area contributed by atoms with Crippen LogP contribution in [0.1, 0.15) is 47.0 Å². The second-order valence-electron chi connectivity index (χ2n) is 6.11. The number of hydrogen-bond donors (Lipinski definition) is 1. The van der Waals surface area contributed by atoms with Crippen LogP contribution < -0.4 is 5.32 Å². The SMILES string of the molecule is CCOC(=O)C(CCOCCOC(C)(C)C)NC1CC1. The average molecular weight is 287 g/mol. The van der Waals surface area contributed by atoms with Crippen LogP contribution in [0.4, 0.5) is 0 Å². The van der Waals surface area contributed by atoms with E-state index in [1.165, 1.54) is 0 Å². The zero-order valence-corrected chi connectivity index (χ0v) is 13.2. The Morgan fingerprint density at radius 3 is 2.50 bits per heavy atom. The van der Waals surface area contributed by atoms with Crippen LogP contribution >= 0.6 is 0 Å². The summed E-state index contributed by atoms with van der Waals surface area (Å²) in [6.07, 6.45) is 2.94. The summed E-state index contributed by atoms with van der Waals surface area (Å²) in [7, 11) is 0. The first kappa shape index (κ1) is 17.4. The van der Waals surface area contributed by atoms with E-state index < -0.39 is 0 Å². The van der Waals surface area contributed by atoms with Crippen molar-refractivity contribution >= 4 is 5.97 Å². The van der Waals surface area contributed by atoms with Gasteiger partial charge in [0.05, 0.1) is 25.4 Å². The van der Waals surface area contributed by atoms with Crippen LogP contribution in [0.3, 0.4) is 0 Å². The van der Waals surface area contributed by atoms with Crippen LogP contribution in [0.15, 0.2) is 0 Å². The van der Waals surface area contributed by atoms with Gasteiger partial charge >= 0.3 is 5.97 Å². The van der Waals surface area contributed by atoms with Gasteiger partial charge in [0.15, 0.2) is 0 Å². The lowest BCUT2D eigenvalue weighted by Crippen LogP contribution is -2.40. The molecule has 0 aromatic rings. The lowest BCUT2D eigenvalue weighted by Gasteiger charge is -2.20. The molecule has 0 saturated heterocycles. The summed E-state index contributed by atoms with van der Waals surface area (Å²) in [5.74, 6) is -0.172. The van der Waals surface area contributed by atoms with Crippen LogP contribution in [-0.2, 0) is 19.0 Å². The highest BCUT2D eigenvalue weighted by atomic mass is 16.5. The topological polar surface area (TPSA) is 56.8 Å². The number of rotatable bonds is 10. The Labute approximate surface area is 122 Å². The molecule has 0 aromatic heterocycles. The van der Waals surface area contributed by atoms with Gasteiger partial charge in [-0.25, -0.2) is 0 Å². The van der Waals surface area contributed by atoms with Gasteiger partial charge in [-0.1, -0.05) is 0 Å². The zero-order valence-electron chi connectivity index (χ0n) is 13.2. The van der Waals surface area contributed by atoms with Gasteiger partial charge in [0.25, 0.3) is 0 Å². The van der Waals surface area contributed by atoms with E-state index in [0.29, 0.717) is 38.9 Å². The third-order valence-corrected chi connectivity index (χ3v) is 2.90. The average Bonchev–Trinajstić information content (AvgIpc) is 3.14. The Kier molecular flexibility index (Phi) is 7.48. The number of carbonyl (C=O) groups excluding carboxylic acids is 1. The molecule has 1 unspecified atom stereocenters. The molecule has 1 aliphatic rings. The molecule has 0 heterocycles. The fraction of sp³-hybridized carbons (Fsp3) is 0.933. The van der Waals surface area contributed by atoms with E-state index in [4.69, 9.17) is 14.2 Å². The van der Waals surface area contributed by atoms with E-state index in [9.17, 15) is 4.79 Å². The monoisotopic (exact) mass is 287 g/mol.